The monoisotopic (exact) mass is 228 g/mol. The lowest BCUT2D eigenvalue weighted by molar-refractivity contribution is -0.0345. The minimum absolute atomic E-state index is 0.252. The Hall–Kier alpha value is -2.04. The van der Waals surface area contributed by atoms with Crippen molar-refractivity contribution < 1.29 is 4.74 Å². The molecule has 0 unspecified atom stereocenters. The van der Waals surface area contributed by atoms with Crippen LogP contribution >= 0.6 is 0 Å². The Bertz CT molecular complexity index is 594. The number of nitrogens with one attached hydrogen (secondary N) is 1. The van der Waals surface area contributed by atoms with Gasteiger partial charge in [0.1, 0.15) is 12.1 Å². The first kappa shape index (κ1) is 9.04. The predicted octanol–water partition coefficient (Wildman–Crippen LogP) is 1.90. The zero-order chi connectivity index (χ0) is 11.5. The number of ether oxygens (including phenoxy) is 1. The van der Waals surface area contributed by atoms with Crippen molar-refractivity contribution >= 4 is 5.95 Å². The molecule has 1 aromatic carbocycles. The molecule has 2 bridgehead atoms. The topological polar surface area (TPSA) is 52.0 Å². The number of fused-ring (bicyclic) bond motifs is 6. The number of para-hydroxylation sites is 1. The summed E-state index contributed by atoms with van der Waals surface area (Å²) in [5.74, 6) is 1.71. The highest BCUT2D eigenvalue weighted by molar-refractivity contribution is 5.45. The van der Waals surface area contributed by atoms with Crippen LogP contribution in [0.4, 0.5) is 5.95 Å². The van der Waals surface area contributed by atoms with Crippen LogP contribution in [0.3, 0.4) is 0 Å². The molecule has 0 amide bonds. The second-order valence-corrected chi connectivity index (χ2v) is 4.71. The quantitative estimate of drug-likeness (QED) is 0.748. The summed E-state index contributed by atoms with van der Waals surface area (Å²) >= 11 is 0. The molecular formula is C12H12N4O. The van der Waals surface area contributed by atoms with Gasteiger partial charge in [-0.05, 0) is 13.0 Å². The molecule has 1 aromatic heterocycles. The van der Waals surface area contributed by atoms with E-state index in [1.54, 1.807) is 6.33 Å². The van der Waals surface area contributed by atoms with Crippen LogP contribution in [-0.4, -0.2) is 14.8 Å². The van der Waals surface area contributed by atoms with Gasteiger partial charge in [-0.1, -0.05) is 18.2 Å². The lowest BCUT2D eigenvalue weighted by Gasteiger charge is -2.44. The van der Waals surface area contributed by atoms with Gasteiger partial charge in [0.25, 0.3) is 0 Å². The van der Waals surface area contributed by atoms with E-state index >= 15 is 0 Å². The van der Waals surface area contributed by atoms with Crippen molar-refractivity contribution in [1.82, 2.24) is 14.8 Å². The maximum atomic E-state index is 6.10. The number of rotatable bonds is 0. The highest BCUT2D eigenvalue weighted by atomic mass is 16.5. The maximum Gasteiger partial charge on any atom is 0.225 e. The van der Waals surface area contributed by atoms with Gasteiger partial charge in [0.15, 0.2) is 0 Å². The summed E-state index contributed by atoms with van der Waals surface area (Å²) in [5, 5.41) is 7.64. The van der Waals surface area contributed by atoms with Crippen LogP contribution < -0.4 is 10.1 Å². The molecule has 0 fully saturated rings. The first-order valence-corrected chi connectivity index (χ1v) is 5.71. The smallest absolute Gasteiger partial charge is 0.225 e. The van der Waals surface area contributed by atoms with Gasteiger partial charge in [0.05, 0.1) is 6.04 Å². The van der Waals surface area contributed by atoms with Gasteiger partial charge in [0.2, 0.25) is 11.7 Å². The van der Waals surface area contributed by atoms with E-state index in [-0.39, 0.29) is 6.04 Å². The molecular weight excluding hydrogens is 216 g/mol. The van der Waals surface area contributed by atoms with Crippen LogP contribution in [0.2, 0.25) is 0 Å². The fraction of sp³-hybridized carbons (Fsp3) is 0.333. The summed E-state index contributed by atoms with van der Waals surface area (Å²) in [5.41, 5.74) is 0.759. The van der Waals surface area contributed by atoms with Crippen LogP contribution in [0.1, 0.15) is 24.9 Å². The predicted molar refractivity (Wildman–Crippen MR) is 61.7 cm³/mol. The molecule has 0 saturated heterocycles. The van der Waals surface area contributed by atoms with E-state index in [1.165, 1.54) is 5.56 Å². The van der Waals surface area contributed by atoms with Crippen molar-refractivity contribution in [2.75, 3.05) is 5.32 Å². The molecule has 2 aromatic rings. The molecule has 0 saturated carbocycles. The lowest BCUT2D eigenvalue weighted by Crippen LogP contribution is -2.47. The summed E-state index contributed by atoms with van der Waals surface area (Å²) < 4.78 is 7.91. The average Bonchev–Trinajstić information content (AvgIpc) is 2.78. The Kier molecular flexibility index (Phi) is 1.49. The summed E-state index contributed by atoms with van der Waals surface area (Å²) in [6.07, 6.45) is 2.42. The summed E-state index contributed by atoms with van der Waals surface area (Å²) in [7, 11) is 0. The van der Waals surface area contributed by atoms with Crippen LogP contribution in [-0.2, 0) is 5.72 Å². The summed E-state index contributed by atoms with van der Waals surface area (Å²) in [6.45, 7) is 2.05. The third-order valence-electron chi connectivity index (χ3n) is 3.51. The second kappa shape index (κ2) is 2.80. The maximum absolute atomic E-state index is 6.10. The van der Waals surface area contributed by atoms with E-state index in [0.29, 0.717) is 0 Å². The summed E-state index contributed by atoms with van der Waals surface area (Å²) in [6, 6.07) is 8.38. The first-order valence-electron chi connectivity index (χ1n) is 5.71. The van der Waals surface area contributed by atoms with Gasteiger partial charge in [-0.15, -0.1) is 0 Å². The number of benzene rings is 1. The number of hydrogen-bond acceptors (Lipinski definition) is 4. The molecule has 2 aliphatic rings. The van der Waals surface area contributed by atoms with Gasteiger partial charge in [-0.3, -0.25) is 0 Å². The van der Waals surface area contributed by atoms with Crippen molar-refractivity contribution in [2.24, 2.45) is 0 Å². The third kappa shape index (κ3) is 1.08. The molecule has 0 spiro atoms. The third-order valence-corrected chi connectivity index (χ3v) is 3.51. The second-order valence-electron chi connectivity index (χ2n) is 4.71. The Morgan fingerprint density at radius 1 is 1.47 bits per heavy atom. The minimum atomic E-state index is -0.434. The number of hydrogen-bond donors (Lipinski definition) is 1. The molecule has 3 heterocycles. The SMILES string of the molecule is C[C@@]12C[C@@H](Nc3ncnn31)c1ccccc1O2. The van der Waals surface area contributed by atoms with Crippen LogP contribution in [0.5, 0.6) is 5.75 Å². The Morgan fingerprint density at radius 2 is 2.35 bits per heavy atom. The standard InChI is InChI=1S/C12H12N4O/c1-12-6-9(15-11-13-7-14-16(11)12)8-4-2-3-5-10(8)17-12/h2-5,7,9H,6H2,1H3,(H,13,14,15)/t9-,12-/m1/s1. The van der Waals surface area contributed by atoms with Crippen LogP contribution in [0.15, 0.2) is 30.6 Å². The average molecular weight is 228 g/mol. The molecule has 2 aliphatic heterocycles. The van der Waals surface area contributed by atoms with E-state index in [9.17, 15) is 0 Å². The molecule has 0 radical (unpaired) electrons. The molecule has 1 N–H and O–H groups in total. The van der Waals surface area contributed by atoms with Crippen molar-refractivity contribution in [3.63, 3.8) is 0 Å². The number of anilines is 1. The Morgan fingerprint density at radius 3 is 3.29 bits per heavy atom. The molecule has 17 heavy (non-hydrogen) atoms. The lowest BCUT2D eigenvalue weighted by atomic mass is 9.92. The van der Waals surface area contributed by atoms with Crippen LogP contribution in [0.25, 0.3) is 0 Å². The van der Waals surface area contributed by atoms with Gasteiger partial charge in [0, 0.05) is 12.0 Å². The fourth-order valence-electron chi connectivity index (χ4n) is 2.73. The molecule has 2 atom stereocenters. The molecule has 86 valence electrons. The van der Waals surface area contributed by atoms with E-state index in [1.807, 2.05) is 22.9 Å². The van der Waals surface area contributed by atoms with E-state index < -0.39 is 5.72 Å². The largest absolute Gasteiger partial charge is 0.466 e. The number of aromatic nitrogens is 3. The normalized spacial score (nSPS) is 28.6. The zero-order valence-corrected chi connectivity index (χ0v) is 9.42. The molecule has 5 heteroatoms. The molecule has 4 rings (SSSR count). The Labute approximate surface area is 98.4 Å². The van der Waals surface area contributed by atoms with E-state index in [0.717, 1.165) is 18.1 Å². The Balaban J connectivity index is 1.93. The van der Waals surface area contributed by atoms with Gasteiger partial charge < -0.3 is 10.1 Å². The molecule has 0 aliphatic carbocycles. The zero-order valence-electron chi connectivity index (χ0n) is 9.42. The highest BCUT2D eigenvalue weighted by Crippen LogP contribution is 2.46. The first-order chi connectivity index (χ1) is 8.26. The highest BCUT2D eigenvalue weighted by Gasteiger charge is 2.44. The van der Waals surface area contributed by atoms with Crippen molar-refractivity contribution in [3.05, 3.63) is 36.2 Å². The van der Waals surface area contributed by atoms with Crippen molar-refractivity contribution in [2.45, 2.75) is 25.1 Å². The van der Waals surface area contributed by atoms with Gasteiger partial charge in [-0.2, -0.15) is 14.8 Å². The minimum Gasteiger partial charge on any atom is -0.466 e. The van der Waals surface area contributed by atoms with Crippen molar-refractivity contribution in [1.29, 1.82) is 0 Å². The van der Waals surface area contributed by atoms with Crippen molar-refractivity contribution in [3.8, 4) is 5.75 Å². The summed E-state index contributed by atoms with van der Waals surface area (Å²) in [4.78, 5) is 4.22. The van der Waals surface area contributed by atoms with E-state index in [4.69, 9.17) is 4.74 Å². The van der Waals surface area contributed by atoms with Gasteiger partial charge >= 0.3 is 0 Å². The van der Waals surface area contributed by atoms with Crippen LogP contribution in [0, 0.1) is 0 Å². The fourth-order valence-corrected chi connectivity index (χ4v) is 2.73. The van der Waals surface area contributed by atoms with Gasteiger partial charge in [-0.25, -0.2) is 0 Å². The molecule has 5 nitrogen and oxygen atoms in total. The number of nitrogens with zero attached hydrogens (tertiary/aromatic N) is 3. The van der Waals surface area contributed by atoms with E-state index in [2.05, 4.69) is 28.4 Å².